The average molecular weight is 478 g/mol. The van der Waals surface area contributed by atoms with Crippen LogP contribution in [-0.4, -0.2) is 72.1 Å². The van der Waals surface area contributed by atoms with E-state index in [0.717, 1.165) is 0 Å². The molecule has 5 rings (SSSR count). The fourth-order valence-electron chi connectivity index (χ4n) is 4.26. The molecular weight excluding hydrogens is 454 g/mol. The summed E-state index contributed by atoms with van der Waals surface area (Å²) in [7, 11) is 0. The number of halogens is 4. The summed E-state index contributed by atoms with van der Waals surface area (Å²) < 4.78 is 65.9. The van der Waals surface area contributed by atoms with Crippen molar-refractivity contribution in [3.8, 4) is 11.3 Å². The normalized spacial score (nSPS) is 19.7. The van der Waals surface area contributed by atoms with Crippen molar-refractivity contribution in [1.82, 2.24) is 34.0 Å². The number of nitrogens with zero attached hydrogens (tertiary/aromatic N) is 7. The number of aromatic nitrogens is 6. The number of hydrogen-bond acceptors (Lipinski definition) is 6. The van der Waals surface area contributed by atoms with Crippen LogP contribution in [0.1, 0.15) is 14.1 Å². The average Bonchev–Trinajstić information content (AvgIpc) is 3.39. The van der Waals surface area contributed by atoms with Crippen LogP contribution in [0.5, 0.6) is 0 Å². The third-order valence-corrected chi connectivity index (χ3v) is 5.96. The van der Waals surface area contributed by atoms with Gasteiger partial charge in [0.15, 0.2) is 11.5 Å². The highest BCUT2D eigenvalue weighted by Crippen LogP contribution is 2.30. The summed E-state index contributed by atoms with van der Waals surface area (Å²) in [6.45, 7) is 3.04. The van der Waals surface area contributed by atoms with Crippen LogP contribution in [0.25, 0.3) is 27.9 Å². The van der Waals surface area contributed by atoms with E-state index in [4.69, 9.17) is 7.10 Å². The maximum Gasteiger partial charge on any atom is 0.283 e. The van der Waals surface area contributed by atoms with Gasteiger partial charge in [0, 0.05) is 18.3 Å². The van der Waals surface area contributed by atoms with Gasteiger partial charge in [-0.15, -0.1) is 0 Å². The van der Waals surface area contributed by atoms with Crippen molar-refractivity contribution >= 4 is 22.5 Å². The zero-order valence-electron chi connectivity index (χ0n) is 19.4. The number of aromatic amines is 1. The molecule has 9 nitrogen and oxygen atoms in total. The predicted octanol–water partition coefficient (Wildman–Crippen LogP) is 2.47. The molecule has 180 valence electrons. The van der Waals surface area contributed by atoms with Gasteiger partial charge in [-0.3, -0.25) is 14.5 Å². The van der Waals surface area contributed by atoms with Gasteiger partial charge in [-0.1, -0.05) is 6.92 Å². The van der Waals surface area contributed by atoms with E-state index in [2.05, 4.69) is 25.0 Å². The van der Waals surface area contributed by atoms with Crippen molar-refractivity contribution in [2.45, 2.75) is 38.8 Å². The topological polar surface area (TPSA) is 105 Å². The number of nitrogens with one attached hydrogen (secondary N) is 1. The van der Waals surface area contributed by atoms with Gasteiger partial charge in [0.1, 0.15) is 22.9 Å². The molecule has 0 spiro atoms. The molecule has 13 heteroatoms. The fourth-order valence-corrected chi connectivity index (χ4v) is 4.26. The smallest absolute Gasteiger partial charge is 0.283 e. The number of hydrogen-bond donors (Lipinski definition) is 2. The number of nitrogens with two attached hydrogens (primary N) is 1. The maximum absolute atomic E-state index is 14.4. The Balaban J connectivity index is 1.61. The van der Waals surface area contributed by atoms with E-state index in [0.29, 0.717) is 34.7 Å². The van der Waals surface area contributed by atoms with E-state index >= 15 is 0 Å². The SMILES string of the molecule is [2H]c1cc(-c2ccc3nc(C)n(CC(F)F)c3n2)c2c(N)nc(=N[C@@H]3CN(CC)CC3(F)F)[nH]n12. The molecule has 1 fully saturated rings. The van der Waals surface area contributed by atoms with Crippen LogP contribution in [0, 0.1) is 6.92 Å². The van der Waals surface area contributed by atoms with E-state index in [1.54, 1.807) is 30.9 Å². The molecule has 0 radical (unpaired) electrons. The molecule has 5 heterocycles. The third-order valence-electron chi connectivity index (χ3n) is 5.96. The van der Waals surface area contributed by atoms with Gasteiger partial charge in [-0.05, 0) is 31.7 Å². The first-order valence-electron chi connectivity index (χ1n) is 11.2. The first-order chi connectivity index (χ1) is 16.6. The lowest BCUT2D eigenvalue weighted by molar-refractivity contribution is -0.000966. The minimum atomic E-state index is -3.01. The second-order valence-corrected chi connectivity index (χ2v) is 8.24. The van der Waals surface area contributed by atoms with Gasteiger partial charge in [0.25, 0.3) is 12.3 Å². The highest BCUT2D eigenvalue weighted by Gasteiger charge is 2.47. The lowest BCUT2D eigenvalue weighted by atomic mass is 10.2. The van der Waals surface area contributed by atoms with E-state index in [-0.39, 0.29) is 36.3 Å². The van der Waals surface area contributed by atoms with Crippen molar-refractivity contribution in [3.63, 3.8) is 0 Å². The largest absolute Gasteiger partial charge is 0.382 e. The van der Waals surface area contributed by atoms with Crippen LogP contribution in [0.15, 0.2) is 29.4 Å². The summed E-state index contributed by atoms with van der Waals surface area (Å²) in [4.78, 5) is 18.6. The van der Waals surface area contributed by atoms with Crippen LogP contribution in [0.2, 0.25) is 0 Å². The molecule has 1 saturated heterocycles. The minimum Gasteiger partial charge on any atom is -0.382 e. The second kappa shape index (κ2) is 8.08. The van der Waals surface area contributed by atoms with Crippen molar-refractivity contribution in [2.24, 2.45) is 4.99 Å². The van der Waals surface area contributed by atoms with Crippen molar-refractivity contribution in [1.29, 1.82) is 0 Å². The van der Waals surface area contributed by atoms with E-state index in [9.17, 15) is 17.6 Å². The molecule has 4 aromatic rings. The second-order valence-electron chi connectivity index (χ2n) is 8.24. The van der Waals surface area contributed by atoms with E-state index in [1.807, 2.05) is 0 Å². The Kier molecular flexibility index (Phi) is 5.01. The van der Waals surface area contributed by atoms with Crippen molar-refractivity contribution in [2.75, 3.05) is 25.4 Å². The molecule has 0 unspecified atom stereocenters. The van der Waals surface area contributed by atoms with E-state index in [1.165, 1.54) is 15.1 Å². The fraction of sp³-hybridized carbons (Fsp3) is 0.429. The Morgan fingerprint density at radius 1 is 1.29 bits per heavy atom. The first kappa shape index (κ1) is 21.1. The number of likely N-dealkylation sites (tertiary alicyclic amines) is 1. The van der Waals surface area contributed by atoms with Crippen LogP contribution >= 0.6 is 0 Å². The van der Waals surface area contributed by atoms with Crippen molar-refractivity contribution < 1.29 is 18.9 Å². The molecule has 1 aliphatic rings. The molecule has 3 N–H and O–H groups in total. The number of likely N-dealkylation sites (N-methyl/N-ethyl adjacent to an activating group) is 1. The Labute approximate surface area is 192 Å². The number of imidazole rings is 1. The molecule has 1 atom stereocenters. The predicted molar refractivity (Wildman–Crippen MR) is 118 cm³/mol. The van der Waals surface area contributed by atoms with Gasteiger partial charge in [0.05, 0.1) is 20.2 Å². The summed E-state index contributed by atoms with van der Waals surface area (Å²) in [6.07, 6.45) is -2.62. The third kappa shape index (κ3) is 3.79. The molecule has 0 bridgehead atoms. The maximum atomic E-state index is 14.4. The number of anilines is 1. The molecule has 0 saturated carbocycles. The van der Waals surface area contributed by atoms with Crippen molar-refractivity contribution in [3.05, 3.63) is 35.8 Å². The molecule has 0 amide bonds. The molecule has 1 aliphatic heterocycles. The summed E-state index contributed by atoms with van der Waals surface area (Å²) >= 11 is 0. The molecule has 4 aromatic heterocycles. The van der Waals surface area contributed by atoms with Gasteiger partial charge < -0.3 is 10.3 Å². The molecule has 0 aromatic carbocycles. The van der Waals surface area contributed by atoms with Gasteiger partial charge in [-0.2, -0.15) is 4.98 Å². The Bertz CT molecular complexity index is 1490. The lowest BCUT2D eigenvalue weighted by Gasteiger charge is -2.13. The summed E-state index contributed by atoms with van der Waals surface area (Å²) in [5.74, 6) is -2.65. The number of nitrogen functional groups attached to an aromatic ring is 1. The number of pyridine rings is 1. The summed E-state index contributed by atoms with van der Waals surface area (Å²) in [5.41, 5.74) is 7.88. The number of H-pyrrole nitrogens is 1. The molecule has 34 heavy (non-hydrogen) atoms. The Hall–Kier alpha value is -3.48. The number of aryl methyl sites for hydroxylation is 1. The summed E-state index contributed by atoms with van der Waals surface area (Å²) in [6, 6.07) is 3.48. The number of rotatable bonds is 5. The van der Waals surface area contributed by atoms with E-state index < -0.39 is 24.9 Å². The van der Waals surface area contributed by atoms with Gasteiger partial charge in [-0.25, -0.2) is 32.5 Å². The van der Waals surface area contributed by atoms with Crippen LogP contribution in [0.4, 0.5) is 23.4 Å². The Morgan fingerprint density at radius 2 is 2.09 bits per heavy atom. The standard InChI is InChI=1S/C21H23F4N9/c1-3-32-8-15(21(24,25)10-32)29-20-30-18(26)17-12(6-7-34(17)31-20)13-4-5-14-19(28-13)33(9-16(22)23)11(2)27-14/h4-7,15-16H,3,8-10H2,1-2H3,(H3,26,29,30,31)/t15-/m1/s1/i7D. The zero-order chi connectivity index (χ0) is 25.1. The first-order valence-corrected chi connectivity index (χ1v) is 10.7. The van der Waals surface area contributed by atoms with Crippen LogP contribution in [-0.2, 0) is 6.54 Å². The summed E-state index contributed by atoms with van der Waals surface area (Å²) in [5, 5.41) is 2.78. The van der Waals surface area contributed by atoms with Crippen LogP contribution in [0.3, 0.4) is 0 Å². The molecule has 0 aliphatic carbocycles. The highest BCUT2D eigenvalue weighted by molar-refractivity contribution is 5.88. The highest BCUT2D eigenvalue weighted by atomic mass is 19.3. The minimum absolute atomic E-state index is 0.0342. The number of fused-ring (bicyclic) bond motifs is 2. The van der Waals surface area contributed by atoms with Gasteiger partial charge in [0.2, 0.25) is 5.62 Å². The lowest BCUT2D eigenvalue weighted by Crippen LogP contribution is -2.33. The van der Waals surface area contributed by atoms with Crippen LogP contribution < -0.4 is 11.4 Å². The monoisotopic (exact) mass is 478 g/mol. The Morgan fingerprint density at radius 3 is 2.79 bits per heavy atom. The van der Waals surface area contributed by atoms with Gasteiger partial charge >= 0.3 is 0 Å². The molecular formula is C21H23F4N9. The zero-order valence-corrected chi connectivity index (χ0v) is 18.4. The number of alkyl halides is 4. The quantitative estimate of drug-likeness (QED) is 0.429.